The summed E-state index contributed by atoms with van der Waals surface area (Å²) in [5.74, 6) is 1.88. The average molecular weight is 656 g/mol. The first kappa shape index (κ1) is 27.5. The molecule has 0 saturated carbocycles. The van der Waals surface area contributed by atoms with Gasteiger partial charge in [-0.1, -0.05) is 127 Å². The van der Waals surface area contributed by atoms with Crippen molar-refractivity contribution in [3.8, 4) is 34.2 Å². The van der Waals surface area contributed by atoms with Crippen LogP contribution in [0.2, 0.25) is 0 Å². The van der Waals surface area contributed by atoms with Crippen LogP contribution >= 0.6 is 11.3 Å². The Morgan fingerprint density at radius 2 is 1.00 bits per heavy atom. The zero-order valence-corrected chi connectivity index (χ0v) is 27.4. The highest BCUT2D eigenvalue weighted by Crippen LogP contribution is 2.47. The molecule has 3 aromatic heterocycles. The molecule has 232 valence electrons. The lowest BCUT2D eigenvalue weighted by Crippen LogP contribution is -2.00. The molecule has 0 unspecified atom stereocenters. The fourth-order valence-electron chi connectivity index (χ4n) is 7.54. The van der Waals surface area contributed by atoms with Crippen LogP contribution in [-0.4, -0.2) is 15.0 Å². The van der Waals surface area contributed by atoms with Gasteiger partial charge in [-0.25, -0.2) is 15.0 Å². The Morgan fingerprint density at radius 1 is 0.380 bits per heavy atom. The van der Waals surface area contributed by atoms with Gasteiger partial charge in [-0.05, 0) is 51.2 Å². The number of para-hydroxylation sites is 1. The van der Waals surface area contributed by atoms with Crippen LogP contribution in [-0.2, 0) is 0 Å². The quantitative estimate of drug-likeness (QED) is 0.178. The second-order valence-electron chi connectivity index (χ2n) is 12.8. The van der Waals surface area contributed by atoms with Gasteiger partial charge in [0.25, 0.3) is 0 Å². The van der Waals surface area contributed by atoms with E-state index >= 15 is 0 Å². The van der Waals surface area contributed by atoms with Crippen molar-refractivity contribution in [3.05, 3.63) is 152 Å². The molecule has 3 heterocycles. The Morgan fingerprint density at radius 3 is 1.86 bits per heavy atom. The topological polar surface area (TPSA) is 51.8 Å². The van der Waals surface area contributed by atoms with Gasteiger partial charge in [0.05, 0.1) is 0 Å². The number of furan rings is 1. The summed E-state index contributed by atoms with van der Waals surface area (Å²) >= 11 is 1.87. The third-order valence-electron chi connectivity index (χ3n) is 9.88. The number of aromatic nitrogens is 3. The number of fused-ring (bicyclic) bond motifs is 12. The minimum absolute atomic E-state index is 0.605. The number of nitrogens with zero attached hydrogens (tertiary/aromatic N) is 3. The predicted molar refractivity (Wildman–Crippen MR) is 209 cm³/mol. The molecule has 5 heteroatoms. The first-order valence-electron chi connectivity index (χ1n) is 16.7. The first-order valence-corrected chi connectivity index (χ1v) is 17.5. The number of rotatable bonds is 3. The van der Waals surface area contributed by atoms with E-state index in [4.69, 9.17) is 19.4 Å². The van der Waals surface area contributed by atoms with E-state index in [1.165, 1.54) is 47.1 Å². The zero-order valence-electron chi connectivity index (χ0n) is 26.6. The molecule has 0 atom stereocenters. The second-order valence-corrected chi connectivity index (χ2v) is 13.8. The zero-order chi connectivity index (χ0) is 32.8. The van der Waals surface area contributed by atoms with E-state index in [0.717, 1.165) is 44.0 Å². The Balaban J connectivity index is 1.25. The van der Waals surface area contributed by atoms with E-state index in [0.29, 0.717) is 17.5 Å². The highest BCUT2D eigenvalue weighted by atomic mass is 32.1. The van der Waals surface area contributed by atoms with Crippen LogP contribution in [0.3, 0.4) is 0 Å². The molecule has 0 spiro atoms. The Labute approximate surface area is 289 Å². The minimum Gasteiger partial charge on any atom is -0.456 e. The summed E-state index contributed by atoms with van der Waals surface area (Å²) in [7, 11) is 0. The van der Waals surface area contributed by atoms with Crippen LogP contribution in [0, 0.1) is 0 Å². The summed E-state index contributed by atoms with van der Waals surface area (Å²) in [5.41, 5.74) is 4.48. The van der Waals surface area contributed by atoms with Gasteiger partial charge in [-0.3, -0.25) is 0 Å². The molecule has 0 aliphatic carbocycles. The van der Waals surface area contributed by atoms with Gasteiger partial charge in [-0.2, -0.15) is 0 Å². The molecule has 4 nitrogen and oxygen atoms in total. The van der Waals surface area contributed by atoms with E-state index in [2.05, 4.69) is 115 Å². The van der Waals surface area contributed by atoms with Gasteiger partial charge in [0.1, 0.15) is 11.2 Å². The second kappa shape index (κ2) is 10.5. The largest absolute Gasteiger partial charge is 0.456 e. The first-order chi connectivity index (χ1) is 24.8. The molecule has 0 N–H and O–H groups in total. The third kappa shape index (κ3) is 4.08. The van der Waals surface area contributed by atoms with Gasteiger partial charge in [0.2, 0.25) is 0 Å². The van der Waals surface area contributed by atoms with Gasteiger partial charge < -0.3 is 4.42 Å². The molecule has 0 amide bonds. The van der Waals surface area contributed by atoms with Crippen molar-refractivity contribution < 1.29 is 4.42 Å². The molecule has 0 aliphatic rings. The van der Waals surface area contributed by atoms with Crippen LogP contribution in [0.4, 0.5) is 0 Å². The van der Waals surface area contributed by atoms with E-state index in [1.54, 1.807) is 0 Å². The molecule has 0 bridgehead atoms. The summed E-state index contributed by atoms with van der Waals surface area (Å²) in [5, 5.41) is 11.9. The Kier molecular flexibility index (Phi) is 5.80. The molecule has 11 rings (SSSR count). The number of hydrogen-bond donors (Lipinski definition) is 0. The van der Waals surface area contributed by atoms with Crippen molar-refractivity contribution in [1.82, 2.24) is 15.0 Å². The van der Waals surface area contributed by atoms with Crippen molar-refractivity contribution >= 4 is 85.8 Å². The molecular formula is C45H25N3OS. The molecule has 11 aromatic rings. The summed E-state index contributed by atoms with van der Waals surface area (Å²) in [4.78, 5) is 15.6. The minimum atomic E-state index is 0.605. The van der Waals surface area contributed by atoms with Crippen molar-refractivity contribution in [2.75, 3.05) is 0 Å². The lowest BCUT2D eigenvalue weighted by atomic mass is 9.95. The standard InChI is InChI=1S/C45H25N3OS/c1-2-12-28(13-3-1)43-46-44(30-21-22-34-33-16-8-9-17-37(33)49-38(34)25-30)48-45(47-43)36-24-29-19-18-26-10-4-6-14-31(26)39(29)42-40(36)35-23-20-27-11-5-7-15-32(27)41(35)50-42/h1-25H. The van der Waals surface area contributed by atoms with Gasteiger partial charge in [-0.15, -0.1) is 11.3 Å². The van der Waals surface area contributed by atoms with E-state index in [1.807, 2.05) is 47.7 Å². The predicted octanol–water partition coefficient (Wildman–Crippen LogP) is 12.6. The maximum Gasteiger partial charge on any atom is 0.164 e. The molecule has 50 heavy (non-hydrogen) atoms. The Hall–Kier alpha value is -6.43. The van der Waals surface area contributed by atoms with Gasteiger partial charge in [0, 0.05) is 53.0 Å². The van der Waals surface area contributed by atoms with Crippen LogP contribution in [0.1, 0.15) is 0 Å². The number of hydrogen-bond acceptors (Lipinski definition) is 5. The number of benzene rings is 8. The molecule has 0 aliphatic heterocycles. The molecule has 0 radical (unpaired) electrons. The molecular weight excluding hydrogens is 631 g/mol. The van der Waals surface area contributed by atoms with Crippen LogP contribution in [0.15, 0.2) is 156 Å². The monoisotopic (exact) mass is 655 g/mol. The van der Waals surface area contributed by atoms with Crippen molar-refractivity contribution in [2.24, 2.45) is 0 Å². The summed E-state index contributed by atoms with van der Waals surface area (Å²) in [6.45, 7) is 0. The lowest BCUT2D eigenvalue weighted by Gasteiger charge is -2.12. The Bertz CT molecular complexity index is 3160. The maximum atomic E-state index is 6.29. The van der Waals surface area contributed by atoms with Crippen LogP contribution in [0.25, 0.3) is 109 Å². The smallest absolute Gasteiger partial charge is 0.164 e. The van der Waals surface area contributed by atoms with Crippen LogP contribution < -0.4 is 0 Å². The van der Waals surface area contributed by atoms with Crippen molar-refractivity contribution in [1.29, 1.82) is 0 Å². The molecule has 0 saturated heterocycles. The average Bonchev–Trinajstić information content (AvgIpc) is 3.76. The summed E-state index contributed by atoms with van der Waals surface area (Å²) in [6, 6.07) is 53.1. The van der Waals surface area contributed by atoms with E-state index in [9.17, 15) is 0 Å². The summed E-state index contributed by atoms with van der Waals surface area (Å²) < 4.78 is 8.80. The van der Waals surface area contributed by atoms with Crippen LogP contribution in [0.5, 0.6) is 0 Å². The van der Waals surface area contributed by atoms with Crippen molar-refractivity contribution in [2.45, 2.75) is 0 Å². The highest BCUT2D eigenvalue weighted by Gasteiger charge is 2.21. The lowest BCUT2D eigenvalue weighted by molar-refractivity contribution is 0.669. The van der Waals surface area contributed by atoms with Crippen molar-refractivity contribution in [3.63, 3.8) is 0 Å². The SMILES string of the molecule is c1ccc(-c2nc(-c3ccc4c(c3)oc3ccccc34)nc(-c3cc4ccc5ccccc5c4c4sc5c6ccccc6ccc5c34)n2)cc1. The number of thiophene rings is 1. The normalized spacial score (nSPS) is 12.0. The van der Waals surface area contributed by atoms with E-state index < -0.39 is 0 Å². The summed E-state index contributed by atoms with van der Waals surface area (Å²) in [6.07, 6.45) is 0. The van der Waals surface area contributed by atoms with Gasteiger partial charge >= 0.3 is 0 Å². The molecule has 8 aromatic carbocycles. The maximum absolute atomic E-state index is 6.29. The fourth-order valence-corrected chi connectivity index (χ4v) is 8.97. The van der Waals surface area contributed by atoms with Gasteiger partial charge in [0.15, 0.2) is 17.5 Å². The highest BCUT2D eigenvalue weighted by molar-refractivity contribution is 7.27. The third-order valence-corrected chi connectivity index (χ3v) is 11.1. The van der Waals surface area contributed by atoms with E-state index in [-0.39, 0.29) is 0 Å². The molecule has 0 fully saturated rings. The fraction of sp³-hybridized carbons (Fsp3) is 0.